The van der Waals surface area contributed by atoms with Gasteiger partial charge in [-0.25, -0.2) is 0 Å². The van der Waals surface area contributed by atoms with Crippen molar-refractivity contribution in [3.8, 4) is 11.5 Å². The molecule has 4 heteroatoms. The Morgan fingerprint density at radius 3 is 3.00 bits per heavy atom. The summed E-state index contributed by atoms with van der Waals surface area (Å²) in [6.07, 6.45) is 1.63. The highest BCUT2D eigenvalue weighted by Gasteiger charge is 2.10. The molecule has 0 spiro atoms. The van der Waals surface area contributed by atoms with E-state index < -0.39 is 0 Å². The Morgan fingerprint density at radius 1 is 1.27 bits per heavy atom. The number of fused-ring (bicyclic) bond motifs is 1. The van der Waals surface area contributed by atoms with Crippen LogP contribution in [0.2, 0.25) is 5.02 Å². The van der Waals surface area contributed by atoms with Gasteiger partial charge in [-0.1, -0.05) is 11.6 Å². The molecule has 2 aromatic heterocycles. The second kappa shape index (κ2) is 3.14. The van der Waals surface area contributed by atoms with Crippen LogP contribution in [0, 0.1) is 0 Å². The van der Waals surface area contributed by atoms with Crippen LogP contribution in [0.3, 0.4) is 0 Å². The van der Waals surface area contributed by atoms with Gasteiger partial charge >= 0.3 is 0 Å². The van der Waals surface area contributed by atoms with Gasteiger partial charge in [0.2, 0.25) is 0 Å². The van der Waals surface area contributed by atoms with Crippen LogP contribution in [0.15, 0.2) is 41.0 Å². The van der Waals surface area contributed by atoms with Crippen molar-refractivity contribution in [2.45, 2.75) is 0 Å². The Labute approximate surface area is 90.7 Å². The fourth-order valence-corrected chi connectivity index (χ4v) is 1.76. The molecule has 15 heavy (non-hydrogen) atoms. The summed E-state index contributed by atoms with van der Waals surface area (Å²) in [5.41, 5.74) is 1.74. The Balaban J connectivity index is 2.32. The summed E-state index contributed by atoms with van der Waals surface area (Å²) in [4.78, 5) is 0. The molecule has 0 unspecified atom stereocenters. The number of aromatic nitrogens is 2. The molecule has 0 saturated carbocycles. The zero-order chi connectivity index (χ0) is 10.3. The minimum absolute atomic E-state index is 0.691. The summed E-state index contributed by atoms with van der Waals surface area (Å²) in [5.74, 6) is 0.739. The lowest BCUT2D eigenvalue weighted by Crippen LogP contribution is -1.73. The minimum atomic E-state index is 0.691. The highest BCUT2D eigenvalue weighted by atomic mass is 35.5. The Kier molecular flexibility index (Phi) is 1.79. The number of rotatable bonds is 1. The Hall–Kier alpha value is -1.74. The van der Waals surface area contributed by atoms with Gasteiger partial charge in [0, 0.05) is 10.4 Å². The highest BCUT2D eigenvalue weighted by Crippen LogP contribution is 2.28. The van der Waals surface area contributed by atoms with Gasteiger partial charge in [0.15, 0.2) is 5.76 Å². The average Bonchev–Trinajstić information content (AvgIpc) is 2.83. The topological polar surface area (TPSA) is 41.8 Å². The number of halogens is 1. The van der Waals surface area contributed by atoms with Gasteiger partial charge in [0.05, 0.1) is 11.8 Å². The van der Waals surface area contributed by atoms with E-state index in [1.165, 1.54) is 0 Å². The molecule has 1 N–H and O–H groups in total. The van der Waals surface area contributed by atoms with Crippen LogP contribution in [0.5, 0.6) is 0 Å². The molecule has 0 atom stereocenters. The third-order valence-electron chi connectivity index (χ3n) is 2.28. The van der Waals surface area contributed by atoms with Crippen molar-refractivity contribution >= 4 is 22.5 Å². The SMILES string of the molecule is Clc1ccc2[nH]nc(-c3ccco3)c2c1. The zero-order valence-electron chi connectivity index (χ0n) is 7.70. The molecule has 0 aliphatic rings. The van der Waals surface area contributed by atoms with Crippen LogP contribution >= 0.6 is 11.6 Å². The molecule has 3 nitrogen and oxygen atoms in total. The Morgan fingerprint density at radius 2 is 2.20 bits per heavy atom. The number of furan rings is 1. The van der Waals surface area contributed by atoms with E-state index in [2.05, 4.69) is 10.2 Å². The van der Waals surface area contributed by atoms with Crippen LogP contribution < -0.4 is 0 Å². The van der Waals surface area contributed by atoms with Crippen molar-refractivity contribution in [1.82, 2.24) is 10.2 Å². The van der Waals surface area contributed by atoms with Crippen molar-refractivity contribution in [2.75, 3.05) is 0 Å². The van der Waals surface area contributed by atoms with Crippen LogP contribution in [-0.2, 0) is 0 Å². The maximum absolute atomic E-state index is 5.94. The third-order valence-corrected chi connectivity index (χ3v) is 2.51. The summed E-state index contributed by atoms with van der Waals surface area (Å²) in [6, 6.07) is 9.31. The fourth-order valence-electron chi connectivity index (χ4n) is 1.59. The van der Waals surface area contributed by atoms with E-state index in [0.29, 0.717) is 5.02 Å². The molecule has 74 valence electrons. The van der Waals surface area contributed by atoms with Gasteiger partial charge in [-0.3, -0.25) is 5.10 Å². The van der Waals surface area contributed by atoms with Crippen molar-refractivity contribution in [1.29, 1.82) is 0 Å². The summed E-state index contributed by atoms with van der Waals surface area (Å²) in [7, 11) is 0. The van der Waals surface area contributed by atoms with Crippen LogP contribution in [0.4, 0.5) is 0 Å². The molecule has 0 amide bonds. The third kappa shape index (κ3) is 1.32. The number of nitrogens with zero attached hydrogens (tertiary/aromatic N) is 1. The average molecular weight is 219 g/mol. The molecule has 3 aromatic rings. The number of aromatic amines is 1. The molecular weight excluding hydrogens is 212 g/mol. The van der Waals surface area contributed by atoms with Crippen molar-refractivity contribution in [3.05, 3.63) is 41.6 Å². The van der Waals surface area contributed by atoms with Crippen LogP contribution in [0.1, 0.15) is 0 Å². The molecule has 2 heterocycles. The van der Waals surface area contributed by atoms with Gasteiger partial charge in [-0.2, -0.15) is 5.10 Å². The van der Waals surface area contributed by atoms with Gasteiger partial charge in [-0.15, -0.1) is 0 Å². The monoisotopic (exact) mass is 218 g/mol. The Bertz CT molecular complexity index is 598. The van der Waals surface area contributed by atoms with E-state index in [0.717, 1.165) is 22.4 Å². The van der Waals surface area contributed by atoms with E-state index in [-0.39, 0.29) is 0 Å². The molecule has 0 fully saturated rings. The van der Waals surface area contributed by atoms with Crippen molar-refractivity contribution in [3.63, 3.8) is 0 Å². The number of hydrogen-bond acceptors (Lipinski definition) is 2. The minimum Gasteiger partial charge on any atom is -0.463 e. The second-order valence-corrected chi connectivity index (χ2v) is 3.68. The number of benzene rings is 1. The van der Waals surface area contributed by atoms with Gasteiger partial charge < -0.3 is 4.42 Å². The second-order valence-electron chi connectivity index (χ2n) is 3.24. The highest BCUT2D eigenvalue weighted by molar-refractivity contribution is 6.31. The largest absolute Gasteiger partial charge is 0.463 e. The first-order chi connectivity index (χ1) is 7.34. The zero-order valence-corrected chi connectivity index (χ0v) is 8.45. The van der Waals surface area contributed by atoms with Crippen LogP contribution in [0.25, 0.3) is 22.4 Å². The van der Waals surface area contributed by atoms with Gasteiger partial charge in [0.1, 0.15) is 5.69 Å². The van der Waals surface area contributed by atoms with Gasteiger partial charge in [0.25, 0.3) is 0 Å². The lowest BCUT2D eigenvalue weighted by Gasteiger charge is -1.93. The summed E-state index contributed by atoms with van der Waals surface area (Å²) in [5, 5.41) is 8.80. The summed E-state index contributed by atoms with van der Waals surface area (Å²) >= 11 is 5.94. The predicted molar refractivity (Wildman–Crippen MR) is 58.8 cm³/mol. The lowest BCUT2D eigenvalue weighted by molar-refractivity contribution is 0.580. The molecular formula is C11H7ClN2O. The molecule has 0 bridgehead atoms. The normalized spacial score (nSPS) is 11.0. The number of nitrogens with one attached hydrogen (secondary N) is 1. The van der Waals surface area contributed by atoms with E-state index in [1.807, 2.05) is 30.3 Å². The maximum atomic E-state index is 5.94. The van der Waals surface area contributed by atoms with E-state index >= 15 is 0 Å². The first kappa shape index (κ1) is 8.56. The molecule has 3 rings (SSSR count). The predicted octanol–water partition coefficient (Wildman–Crippen LogP) is 3.48. The quantitative estimate of drug-likeness (QED) is 0.680. The standard InChI is InChI=1S/C11H7ClN2O/c12-7-3-4-9-8(6-7)11(14-13-9)10-2-1-5-15-10/h1-6H,(H,13,14). The van der Waals surface area contributed by atoms with Gasteiger partial charge in [-0.05, 0) is 30.3 Å². The maximum Gasteiger partial charge on any atom is 0.154 e. The number of hydrogen-bond donors (Lipinski definition) is 1. The first-order valence-electron chi connectivity index (χ1n) is 4.52. The number of H-pyrrole nitrogens is 1. The van der Waals surface area contributed by atoms with E-state index in [4.69, 9.17) is 16.0 Å². The molecule has 1 aromatic carbocycles. The van der Waals surface area contributed by atoms with Crippen molar-refractivity contribution < 1.29 is 4.42 Å². The van der Waals surface area contributed by atoms with Crippen molar-refractivity contribution in [2.24, 2.45) is 0 Å². The van der Waals surface area contributed by atoms with Crippen LogP contribution in [-0.4, -0.2) is 10.2 Å². The summed E-state index contributed by atoms with van der Waals surface area (Å²) in [6.45, 7) is 0. The van der Waals surface area contributed by atoms with E-state index in [9.17, 15) is 0 Å². The molecule has 0 aliphatic carbocycles. The lowest BCUT2D eigenvalue weighted by atomic mass is 10.2. The summed E-state index contributed by atoms with van der Waals surface area (Å²) < 4.78 is 5.30. The van der Waals surface area contributed by atoms with E-state index in [1.54, 1.807) is 6.26 Å². The fraction of sp³-hybridized carbons (Fsp3) is 0. The molecule has 0 aliphatic heterocycles. The first-order valence-corrected chi connectivity index (χ1v) is 4.90. The molecule has 0 radical (unpaired) electrons. The smallest absolute Gasteiger partial charge is 0.154 e. The molecule has 0 saturated heterocycles.